The number of amides is 2. The van der Waals surface area contributed by atoms with Gasteiger partial charge in [-0.05, 0) is 60.7 Å². The molecule has 0 atom stereocenters. The molecule has 0 aliphatic carbocycles. The number of methoxy groups -OCH3 is 2. The zero-order chi connectivity index (χ0) is 26.1. The van der Waals surface area contributed by atoms with E-state index in [0.717, 1.165) is 0 Å². The number of nitrogens with zero attached hydrogens (tertiary/aromatic N) is 1. The van der Waals surface area contributed by atoms with E-state index in [2.05, 4.69) is 31.8 Å². The summed E-state index contributed by atoms with van der Waals surface area (Å²) >= 11 is 9.16. The molecule has 0 fully saturated rings. The quantitative estimate of drug-likeness (QED) is 0.171. The van der Waals surface area contributed by atoms with E-state index < -0.39 is 17.8 Å². The molecular formula is C25H21BrClN3O6. The predicted molar refractivity (Wildman–Crippen MR) is 138 cm³/mol. The van der Waals surface area contributed by atoms with Crippen molar-refractivity contribution >= 4 is 51.5 Å². The number of ether oxygens (including phenoxy) is 3. The average Bonchev–Trinajstić information content (AvgIpc) is 2.88. The Morgan fingerprint density at radius 1 is 0.917 bits per heavy atom. The van der Waals surface area contributed by atoms with Crippen LogP contribution in [0.25, 0.3) is 0 Å². The van der Waals surface area contributed by atoms with Crippen LogP contribution in [0.2, 0.25) is 5.02 Å². The van der Waals surface area contributed by atoms with Gasteiger partial charge in [0.05, 0.1) is 32.5 Å². The van der Waals surface area contributed by atoms with Crippen molar-refractivity contribution in [2.24, 2.45) is 5.10 Å². The van der Waals surface area contributed by atoms with Gasteiger partial charge in [-0.15, -0.1) is 0 Å². The molecule has 2 N–H and O–H groups in total. The minimum atomic E-state index is -0.623. The first-order valence-corrected chi connectivity index (χ1v) is 11.6. The fraction of sp³-hybridized carbons (Fsp3) is 0.120. The summed E-state index contributed by atoms with van der Waals surface area (Å²) in [6.45, 7) is -0.293. The van der Waals surface area contributed by atoms with Gasteiger partial charge in [0.25, 0.3) is 11.8 Å². The first-order chi connectivity index (χ1) is 17.3. The number of carbonyl (C=O) groups is 3. The summed E-state index contributed by atoms with van der Waals surface area (Å²) in [5.41, 5.74) is 3.35. The molecule has 2 amide bonds. The van der Waals surface area contributed by atoms with Crippen LogP contribution in [-0.2, 0) is 4.79 Å². The van der Waals surface area contributed by atoms with E-state index >= 15 is 0 Å². The highest BCUT2D eigenvalue weighted by Crippen LogP contribution is 2.29. The molecule has 0 aromatic heterocycles. The third-order valence-electron chi connectivity index (χ3n) is 4.70. The lowest BCUT2D eigenvalue weighted by atomic mass is 10.2. The van der Waals surface area contributed by atoms with Gasteiger partial charge in [0.1, 0.15) is 5.75 Å². The summed E-state index contributed by atoms with van der Waals surface area (Å²) in [4.78, 5) is 36.9. The third kappa shape index (κ3) is 7.30. The van der Waals surface area contributed by atoms with Crippen LogP contribution in [0, 0.1) is 0 Å². The molecule has 0 saturated heterocycles. The van der Waals surface area contributed by atoms with E-state index in [9.17, 15) is 14.4 Å². The lowest BCUT2D eigenvalue weighted by molar-refractivity contribution is -0.120. The molecule has 11 heteroatoms. The smallest absolute Gasteiger partial charge is 0.343 e. The summed E-state index contributed by atoms with van der Waals surface area (Å²) in [7, 11) is 2.96. The van der Waals surface area contributed by atoms with Crippen LogP contribution in [0.15, 0.2) is 70.2 Å². The fourth-order valence-corrected chi connectivity index (χ4v) is 3.42. The van der Waals surface area contributed by atoms with Crippen molar-refractivity contribution in [2.45, 2.75) is 0 Å². The molecule has 0 unspecified atom stereocenters. The highest BCUT2D eigenvalue weighted by atomic mass is 79.9. The van der Waals surface area contributed by atoms with Crippen LogP contribution in [0.3, 0.4) is 0 Å². The van der Waals surface area contributed by atoms with Crippen LogP contribution in [0.1, 0.15) is 26.3 Å². The minimum absolute atomic E-state index is 0.215. The van der Waals surface area contributed by atoms with E-state index in [-0.39, 0.29) is 17.9 Å². The van der Waals surface area contributed by atoms with E-state index in [1.807, 2.05) is 0 Å². The number of benzene rings is 3. The molecule has 0 aliphatic rings. The van der Waals surface area contributed by atoms with E-state index in [1.54, 1.807) is 54.6 Å². The average molecular weight is 575 g/mol. The predicted octanol–water partition coefficient (Wildman–Crippen LogP) is 4.22. The Bertz CT molecular complexity index is 1300. The van der Waals surface area contributed by atoms with Crippen molar-refractivity contribution in [3.05, 3.63) is 86.8 Å². The lowest BCUT2D eigenvalue weighted by Gasteiger charge is -2.11. The zero-order valence-electron chi connectivity index (χ0n) is 19.2. The summed E-state index contributed by atoms with van der Waals surface area (Å²) in [5, 5.41) is 6.88. The second kappa shape index (κ2) is 12.7. The Hall–Kier alpha value is -3.89. The number of hydrogen-bond donors (Lipinski definition) is 2. The minimum Gasteiger partial charge on any atom is -0.493 e. The Morgan fingerprint density at radius 3 is 2.28 bits per heavy atom. The number of nitrogens with one attached hydrogen (secondary N) is 2. The molecule has 0 bridgehead atoms. The zero-order valence-corrected chi connectivity index (χ0v) is 21.6. The second-order valence-electron chi connectivity index (χ2n) is 7.12. The monoisotopic (exact) mass is 573 g/mol. The normalized spacial score (nSPS) is 10.6. The summed E-state index contributed by atoms with van der Waals surface area (Å²) in [6, 6.07) is 15.8. The van der Waals surface area contributed by atoms with Crippen molar-refractivity contribution in [1.82, 2.24) is 10.7 Å². The van der Waals surface area contributed by atoms with E-state index in [0.29, 0.717) is 32.1 Å². The molecule has 9 nitrogen and oxygen atoms in total. The van der Waals surface area contributed by atoms with Crippen molar-refractivity contribution in [1.29, 1.82) is 0 Å². The van der Waals surface area contributed by atoms with E-state index in [1.165, 1.54) is 26.5 Å². The van der Waals surface area contributed by atoms with Gasteiger partial charge in [-0.1, -0.05) is 27.5 Å². The lowest BCUT2D eigenvalue weighted by Crippen LogP contribution is -2.34. The summed E-state index contributed by atoms with van der Waals surface area (Å²) in [5.74, 6) is -0.524. The number of halogens is 2. The van der Waals surface area contributed by atoms with Crippen molar-refractivity contribution in [2.75, 3.05) is 20.8 Å². The van der Waals surface area contributed by atoms with Gasteiger partial charge in [-0.3, -0.25) is 9.59 Å². The van der Waals surface area contributed by atoms with Gasteiger partial charge in [0.2, 0.25) is 0 Å². The summed E-state index contributed by atoms with van der Waals surface area (Å²) < 4.78 is 16.6. The first kappa shape index (κ1) is 26.7. The Morgan fingerprint density at radius 2 is 1.58 bits per heavy atom. The third-order valence-corrected chi connectivity index (χ3v) is 5.45. The molecule has 0 aliphatic heterocycles. The number of esters is 1. The van der Waals surface area contributed by atoms with Crippen LogP contribution in [0.4, 0.5) is 0 Å². The molecule has 3 rings (SSSR count). The first-order valence-electron chi connectivity index (χ1n) is 10.4. The molecule has 36 heavy (non-hydrogen) atoms. The number of hydrazone groups is 1. The molecule has 3 aromatic carbocycles. The van der Waals surface area contributed by atoms with E-state index in [4.69, 9.17) is 25.8 Å². The van der Waals surface area contributed by atoms with Gasteiger partial charge in [-0.25, -0.2) is 10.2 Å². The summed E-state index contributed by atoms with van der Waals surface area (Å²) in [6.07, 6.45) is 1.32. The van der Waals surface area contributed by atoms with Crippen LogP contribution in [0.5, 0.6) is 17.2 Å². The molecule has 0 heterocycles. The largest absolute Gasteiger partial charge is 0.493 e. The van der Waals surface area contributed by atoms with Crippen molar-refractivity contribution < 1.29 is 28.6 Å². The Kier molecular flexibility index (Phi) is 9.43. The standard InChI is InChI=1S/C25H21BrClN3O6/c1-34-21-9-5-16(12-22(21)35-2)25(33)36-20-10-6-18(26)11-17(20)13-29-30-23(31)14-28-24(32)15-3-7-19(27)8-4-15/h3-13H,14H2,1-2H3,(H,28,32)(H,30,31)/b29-13+. The van der Waals surface area contributed by atoms with Gasteiger partial charge in [-0.2, -0.15) is 5.10 Å². The molecule has 0 saturated carbocycles. The maximum atomic E-state index is 12.7. The molecular weight excluding hydrogens is 554 g/mol. The fourth-order valence-electron chi connectivity index (χ4n) is 2.91. The van der Waals surface area contributed by atoms with Crippen molar-refractivity contribution in [3.63, 3.8) is 0 Å². The molecule has 0 radical (unpaired) electrons. The van der Waals surface area contributed by atoms with Gasteiger partial charge >= 0.3 is 5.97 Å². The number of carbonyl (C=O) groups excluding carboxylic acids is 3. The topological polar surface area (TPSA) is 115 Å². The molecule has 0 spiro atoms. The number of hydrogen-bond acceptors (Lipinski definition) is 7. The molecule has 186 valence electrons. The second-order valence-corrected chi connectivity index (χ2v) is 8.48. The highest BCUT2D eigenvalue weighted by Gasteiger charge is 2.15. The number of rotatable bonds is 9. The van der Waals surface area contributed by atoms with Crippen LogP contribution < -0.4 is 25.0 Å². The Balaban J connectivity index is 1.62. The van der Waals surface area contributed by atoms with Crippen LogP contribution >= 0.6 is 27.5 Å². The van der Waals surface area contributed by atoms with Crippen molar-refractivity contribution in [3.8, 4) is 17.2 Å². The van der Waals surface area contributed by atoms with Crippen LogP contribution in [-0.4, -0.2) is 44.8 Å². The molecule has 3 aromatic rings. The van der Waals surface area contributed by atoms with Gasteiger partial charge in [0, 0.05) is 20.6 Å². The highest BCUT2D eigenvalue weighted by molar-refractivity contribution is 9.10. The Labute approximate surface area is 220 Å². The maximum absolute atomic E-state index is 12.7. The van der Waals surface area contributed by atoms with Gasteiger partial charge < -0.3 is 19.5 Å². The maximum Gasteiger partial charge on any atom is 0.343 e. The SMILES string of the molecule is COc1ccc(C(=O)Oc2ccc(Br)cc2/C=N/NC(=O)CNC(=O)c2ccc(Cl)cc2)cc1OC. The van der Waals surface area contributed by atoms with Gasteiger partial charge in [0.15, 0.2) is 11.5 Å².